The van der Waals surface area contributed by atoms with E-state index in [0.717, 1.165) is 0 Å². The summed E-state index contributed by atoms with van der Waals surface area (Å²) in [5, 5.41) is 2.78. The van der Waals surface area contributed by atoms with Crippen molar-refractivity contribution < 1.29 is 23.7 Å². The predicted molar refractivity (Wildman–Crippen MR) is 91.3 cm³/mol. The normalized spacial score (nSPS) is 11.3. The highest BCUT2D eigenvalue weighted by Gasteiger charge is 2.18. The molecular weight excluding hydrogens is 310 g/mol. The Labute approximate surface area is 141 Å². The molecule has 0 spiro atoms. The molecule has 2 rings (SSSR count). The first-order chi connectivity index (χ1) is 11.6. The topological polar surface area (TPSA) is 66.0 Å². The van der Waals surface area contributed by atoms with E-state index in [9.17, 15) is 4.79 Å². The lowest BCUT2D eigenvalue weighted by Crippen LogP contribution is -2.30. The summed E-state index contributed by atoms with van der Waals surface area (Å²) in [6.07, 6.45) is -0.715. The van der Waals surface area contributed by atoms with Gasteiger partial charge < -0.3 is 24.3 Å². The summed E-state index contributed by atoms with van der Waals surface area (Å²) in [6, 6.07) is 12.3. The summed E-state index contributed by atoms with van der Waals surface area (Å²) >= 11 is 0. The molecule has 0 fully saturated rings. The van der Waals surface area contributed by atoms with Crippen molar-refractivity contribution in [2.75, 3.05) is 26.6 Å². The average Bonchev–Trinajstić information content (AvgIpc) is 2.62. The van der Waals surface area contributed by atoms with E-state index < -0.39 is 6.10 Å². The van der Waals surface area contributed by atoms with Gasteiger partial charge in [-0.1, -0.05) is 12.1 Å². The molecule has 2 aromatic carbocycles. The minimum absolute atomic E-state index is 0.302. The summed E-state index contributed by atoms with van der Waals surface area (Å²) in [5.74, 6) is 1.92. The summed E-state index contributed by atoms with van der Waals surface area (Å²) in [5.41, 5.74) is 0.541. The molecule has 0 radical (unpaired) electrons. The van der Waals surface area contributed by atoms with Crippen LogP contribution in [0.15, 0.2) is 42.5 Å². The Hall–Kier alpha value is -2.89. The van der Waals surface area contributed by atoms with Gasteiger partial charge >= 0.3 is 0 Å². The number of benzene rings is 2. The zero-order chi connectivity index (χ0) is 17.5. The highest BCUT2D eigenvalue weighted by Crippen LogP contribution is 2.30. The summed E-state index contributed by atoms with van der Waals surface area (Å²) in [4.78, 5) is 12.4. The lowest BCUT2D eigenvalue weighted by atomic mass is 10.2. The Balaban J connectivity index is 2.09. The molecule has 0 bridgehead atoms. The first-order valence-electron chi connectivity index (χ1n) is 7.41. The molecule has 6 nitrogen and oxygen atoms in total. The van der Waals surface area contributed by atoms with E-state index >= 15 is 0 Å². The SMILES string of the molecule is COc1ccc(NC(=O)C(C)Oc2ccccc2OC)c(OC)c1. The highest BCUT2D eigenvalue weighted by atomic mass is 16.5. The summed E-state index contributed by atoms with van der Waals surface area (Å²) < 4.78 is 21.3. The molecule has 0 aliphatic carbocycles. The first kappa shape index (κ1) is 17.5. The predicted octanol–water partition coefficient (Wildman–Crippen LogP) is 3.12. The number of ether oxygens (including phenoxy) is 4. The number of para-hydroxylation sites is 2. The van der Waals surface area contributed by atoms with Crippen molar-refractivity contribution in [3.63, 3.8) is 0 Å². The molecule has 24 heavy (non-hydrogen) atoms. The van der Waals surface area contributed by atoms with Crippen molar-refractivity contribution in [2.24, 2.45) is 0 Å². The largest absolute Gasteiger partial charge is 0.497 e. The zero-order valence-electron chi connectivity index (χ0n) is 14.2. The number of anilines is 1. The van der Waals surface area contributed by atoms with Crippen LogP contribution in [0.25, 0.3) is 0 Å². The number of hydrogen-bond donors (Lipinski definition) is 1. The molecule has 128 valence electrons. The molecule has 6 heteroatoms. The van der Waals surface area contributed by atoms with Crippen molar-refractivity contribution in [1.82, 2.24) is 0 Å². The van der Waals surface area contributed by atoms with Crippen molar-refractivity contribution >= 4 is 11.6 Å². The Morgan fingerprint density at radius 2 is 1.58 bits per heavy atom. The quantitative estimate of drug-likeness (QED) is 0.844. The molecule has 1 amide bonds. The van der Waals surface area contributed by atoms with Crippen LogP contribution in [0.3, 0.4) is 0 Å². The van der Waals surface area contributed by atoms with Crippen LogP contribution >= 0.6 is 0 Å². The number of carbonyl (C=O) groups is 1. The molecular formula is C18H21NO5. The van der Waals surface area contributed by atoms with Crippen LogP contribution in [0.2, 0.25) is 0 Å². The van der Waals surface area contributed by atoms with E-state index in [-0.39, 0.29) is 5.91 Å². The van der Waals surface area contributed by atoms with Crippen molar-refractivity contribution in [1.29, 1.82) is 0 Å². The number of amides is 1. The molecule has 2 aromatic rings. The van der Waals surface area contributed by atoms with Crippen LogP contribution < -0.4 is 24.3 Å². The second kappa shape index (κ2) is 8.10. The van der Waals surface area contributed by atoms with E-state index in [1.54, 1.807) is 51.5 Å². The van der Waals surface area contributed by atoms with Crippen LogP contribution in [0.1, 0.15) is 6.92 Å². The fourth-order valence-electron chi connectivity index (χ4n) is 2.10. The van der Waals surface area contributed by atoms with E-state index in [4.69, 9.17) is 18.9 Å². The molecule has 0 saturated heterocycles. The Morgan fingerprint density at radius 1 is 0.917 bits per heavy atom. The molecule has 0 aliphatic heterocycles. The number of methoxy groups -OCH3 is 3. The Kier molecular flexibility index (Phi) is 5.89. The van der Waals surface area contributed by atoms with Gasteiger partial charge in [0.1, 0.15) is 11.5 Å². The zero-order valence-corrected chi connectivity index (χ0v) is 14.2. The van der Waals surface area contributed by atoms with Gasteiger partial charge in [-0.05, 0) is 31.2 Å². The molecule has 0 saturated carbocycles. The van der Waals surface area contributed by atoms with Crippen molar-refractivity contribution in [3.8, 4) is 23.0 Å². The fourth-order valence-corrected chi connectivity index (χ4v) is 2.10. The van der Waals surface area contributed by atoms with E-state index in [1.807, 2.05) is 12.1 Å². The minimum Gasteiger partial charge on any atom is -0.497 e. The van der Waals surface area contributed by atoms with Gasteiger partial charge in [0.2, 0.25) is 0 Å². The van der Waals surface area contributed by atoms with Gasteiger partial charge in [0, 0.05) is 6.07 Å². The van der Waals surface area contributed by atoms with Crippen LogP contribution in [0.4, 0.5) is 5.69 Å². The van der Waals surface area contributed by atoms with Gasteiger partial charge in [-0.2, -0.15) is 0 Å². The molecule has 0 aromatic heterocycles. The van der Waals surface area contributed by atoms with E-state index in [2.05, 4.69) is 5.32 Å². The van der Waals surface area contributed by atoms with Crippen LogP contribution in [-0.4, -0.2) is 33.3 Å². The number of rotatable bonds is 7. The lowest BCUT2D eigenvalue weighted by Gasteiger charge is -2.17. The number of nitrogens with one attached hydrogen (secondary N) is 1. The third-order valence-electron chi connectivity index (χ3n) is 3.41. The summed E-state index contributed by atoms with van der Waals surface area (Å²) in [6.45, 7) is 1.66. The maximum absolute atomic E-state index is 12.4. The maximum atomic E-state index is 12.4. The van der Waals surface area contributed by atoms with Crippen LogP contribution in [0.5, 0.6) is 23.0 Å². The maximum Gasteiger partial charge on any atom is 0.265 e. The lowest BCUT2D eigenvalue weighted by molar-refractivity contribution is -0.122. The number of hydrogen-bond acceptors (Lipinski definition) is 5. The Morgan fingerprint density at radius 3 is 2.21 bits per heavy atom. The van der Waals surface area contributed by atoms with Gasteiger partial charge in [0.05, 0.1) is 27.0 Å². The van der Waals surface area contributed by atoms with Gasteiger partial charge in [0.15, 0.2) is 17.6 Å². The van der Waals surface area contributed by atoms with Crippen molar-refractivity contribution in [2.45, 2.75) is 13.0 Å². The van der Waals surface area contributed by atoms with Gasteiger partial charge in [-0.25, -0.2) is 0 Å². The second-order valence-corrected chi connectivity index (χ2v) is 4.97. The third kappa shape index (κ3) is 4.10. The molecule has 0 aliphatic rings. The standard InChI is InChI=1S/C18H21NO5/c1-12(24-16-8-6-5-7-15(16)22-3)18(20)19-14-10-9-13(21-2)11-17(14)23-4/h5-12H,1-4H3,(H,19,20). The fraction of sp³-hybridized carbons (Fsp3) is 0.278. The van der Waals surface area contributed by atoms with Crippen molar-refractivity contribution in [3.05, 3.63) is 42.5 Å². The molecule has 1 unspecified atom stereocenters. The second-order valence-electron chi connectivity index (χ2n) is 4.97. The molecule has 0 heterocycles. The van der Waals surface area contributed by atoms with Gasteiger partial charge in [-0.15, -0.1) is 0 Å². The molecule has 1 N–H and O–H groups in total. The first-order valence-corrected chi connectivity index (χ1v) is 7.41. The third-order valence-corrected chi connectivity index (χ3v) is 3.41. The summed E-state index contributed by atoms with van der Waals surface area (Å²) in [7, 11) is 4.64. The Bertz CT molecular complexity index is 702. The van der Waals surface area contributed by atoms with Crippen LogP contribution in [0, 0.1) is 0 Å². The molecule has 1 atom stereocenters. The van der Waals surface area contributed by atoms with E-state index in [1.165, 1.54) is 7.11 Å². The minimum atomic E-state index is -0.715. The smallest absolute Gasteiger partial charge is 0.265 e. The van der Waals surface area contributed by atoms with E-state index in [0.29, 0.717) is 28.7 Å². The van der Waals surface area contributed by atoms with Gasteiger partial charge in [0.25, 0.3) is 5.91 Å². The van der Waals surface area contributed by atoms with Crippen LogP contribution in [-0.2, 0) is 4.79 Å². The monoisotopic (exact) mass is 331 g/mol. The van der Waals surface area contributed by atoms with Gasteiger partial charge in [-0.3, -0.25) is 4.79 Å². The highest BCUT2D eigenvalue weighted by molar-refractivity contribution is 5.95. The average molecular weight is 331 g/mol. The number of carbonyl (C=O) groups excluding carboxylic acids is 1.